The van der Waals surface area contributed by atoms with Gasteiger partial charge in [0.25, 0.3) is 0 Å². The van der Waals surface area contributed by atoms with Crippen LogP contribution in [0.3, 0.4) is 0 Å². The van der Waals surface area contributed by atoms with Crippen LogP contribution >= 0.6 is 23.2 Å². The van der Waals surface area contributed by atoms with Crippen molar-refractivity contribution in [2.45, 2.75) is 74.8 Å². The minimum absolute atomic E-state index is 0.0260. The van der Waals surface area contributed by atoms with Crippen LogP contribution in [0.25, 0.3) is 0 Å². The summed E-state index contributed by atoms with van der Waals surface area (Å²) in [5.41, 5.74) is 2.58. The number of alkyl halides is 1. The van der Waals surface area contributed by atoms with Crippen LogP contribution in [-0.4, -0.2) is 40.6 Å². The van der Waals surface area contributed by atoms with E-state index in [1.165, 1.54) is 5.56 Å². The van der Waals surface area contributed by atoms with Crippen LogP contribution in [0.15, 0.2) is 71.2 Å². The number of hydrogen-bond acceptors (Lipinski definition) is 4. The monoisotopic (exact) mass is 557 g/mol. The number of halogens is 2. The van der Waals surface area contributed by atoms with Crippen LogP contribution in [0.5, 0.6) is 0 Å². The highest BCUT2D eigenvalue weighted by atomic mass is 35.5. The predicted octanol–water partition coefficient (Wildman–Crippen LogP) is 6.41. The number of carboxylic acid groups (broad SMARTS) is 1. The number of fused-ring (bicyclic) bond motifs is 1. The summed E-state index contributed by atoms with van der Waals surface area (Å²) in [5.74, 6) is 0.130. The Morgan fingerprint density at radius 2 is 2.03 bits per heavy atom. The Hall–Kier alpha value is -2.70. The van der Waals surface area contributed by atoms with Gasteiger partial charge in [0.05, 0.1) is 18.3 Å². The molecule has 4 aliphatic rings. The molecule has 3 aliphatic carbocycles. The lowest BCUT2D eigenvalue weighted by molar-refractivity contribution is -0.141. The van der Waals surface area contributed by atoms with Crippen LogP contribution in [0.2, 0.25) is 5.02 Å². The van der Waals surface area contributed by atoms with Crippen LogP contribution in [0.1, 0.15) is 63.4 Å². The number of nitrogens with one attached hydrogen (secondary N) is 1. The average Bonchev–Trinajstić information content (AvgIpc) is 2.89. The zero-order chi connectivity index (χ0) is 26.9. The fraction of sp³-hybridized carbons (Fsp3) is 0.467. The van der Waals surface area contributed by atoms with Crippen molar-refractivity contribution in [3.8, 4) is 0 Å². The normalized spacial score (nSPS) is 30.9. The van der Waals surface area contributed by atoms with Gasteiger partial charge in [0.2, 0.25) is 5.91 Å². The van der Waals surface area contributed by atoms with Crippen LogP contribution < -0.4 is 5.32 Å². The topological polar surface area (TPSA) is 84.9 Å². The van der Waals surface area contributed by atoms with Crippen molar-refractivity contribution in [2.75, 3.05) is 6.61 Å². The number of amides is 1. The summed E-state index contributed by atoms with van der Waals surface area (Å²) in [5, 5.41) is 13.6. The first kappa shape index (κ1) is 26.9. The molecule has 1 saturated carbocycles. The molecule has 202 valence electrons. The Kier molecular flexibility index (Phi) is 7.92. The zero-order valence-corrected chi connectivity index (χ0v) is 22.9. The number of carboxylic acids is 1. The van der Waals surface area contributed by atoms with Crippen molar-refractivity contribution < 1.29 is 24.2 Å². The summed E-state index contributed by atoms with van der Waals surface area (Å²) in [4.78, 5) is 23.8. The van der Waals surface area contributed by atoms with Crippen LogP contribution in [0, 0.1) is 5.92 Å². The fourth-order valence-corrected chi connectivity index (χ4v) is 6.26. The number of allylic oxidation sites excluding steroid dienone is 4. The van der Waals surface area contributed by atoms with E-state index in [9.17, 15) is 14.7 Å². The van der Waals surface area contributed by atoms with E-state index in [0.717, 1.165) is 42.0 Å². The number of hydrogen-bond donors (Lipinski definition) is 2. The lowest BCUT2D eigenvalue weighted by Crippen LogP contribution is -2.40. The quantitative estimate of drug-likeness (QED) is 0.394. The Labute approximate surface area is 233 Å². The highest BCUT2D eigenvalue weighted by Crippen LogP contribution is 2.41. The molecule has 1 aromatic rings. The highest BCUT2D eigenvalue weighted by molar-refractivity contribution is 6.30. The maximum Gasteiger partial charge on any atom is 0.311 e. The number of benzene rings is 1. The highest BCUT2D eigenvalue weighted by Gasteiger charge is 2.41. The number of ether oxygens (including phenoxy) is 2. The molecule has 0 aromatic heterocycles. The average molecular weight is 559 g/mol. The largest absolute Gasteiger partial charge is 0.493 e. The maximum atomic E-state index is 13.0. The molecule has 5 rings (SSSR count). The van der Waals surface area contributed by atoms with Crippen molar-refractivity contribution in [3.05, 3.63) is 81.8 Å². The maximum absolute atomic E-state index is 13.0. The smallest absolute Gasteiger partial charge is 0.311 e. The van der Waals surface area contributed by atoms with Crippen molar-refractivity contribution in [3.63, 3.8) is 0 Å². The molecule has 1 amide bonds. The minimum atomic E-state index is -0.921. The van der Waals surface area contributed by atoms with E-state index in [1.54, 1.807) is 12.2 Å². The third-order valence-electron chi connectivity index (χ3n) is 7.93. The molecule has 2 N–H and O–H groups in total. The molecular formula is C30H33Cl2NO5. The molecule has 1 aromatic carbocycles. The second-order valence-corrected chi connectivity index (χ2v) is 12.0. The lowest BCUT2D eigenvalue weighted by atomic mass is 9.81. The summed E-state index contributed by atoms with van der Waals surface area (Å²) in [7, 11) is 0. The van der Waals surface area contributed by atoms with E-state index in [0.29, 0.717) is 43.1 Å². The second kappa shape index (κ2) is 11.2. The summed E-state index contributed by atoms with van der Waals surface area (Å²) in [6, 6.07) is 8.16. The molecule has 38 heavy (non-hydrogen) atoms. The first-order valence-corrected chi connectivity index (χ1v) is 14.1. The summed E-state index contributed by atoms with van der Waals surface area (Å²) >= 11 is 13.0. The molecule has 1 saturated heterocycles. The van der Waals surface area contributed by atoms with Gasteiger partial charge in [0.15, 0.2) is 0 Å². The van der Waals surface area contributed by atoms with Gasteiger partial charge in [-0.1, -0.05) is 42.3 Å². The molecule has 6 nitrogen and oxygen atoms in total. The Morgan fingerprint density at radius 3 is 2.76 bits per heavy atom. The summed E-state index contributed by atoms with van der Waals surface area (Å²) in [6.07, 6.45) is 12.3. The van der Waals surface area contributed by atoms with Gasteiger partial charge in [-0.25, -0.2) is 0 Å². The molecule has 2 fully saturated rings. The Bertz CT molecular complexity index is 1230. The van der Waals surface area contributed by atoms with E-state index in [-0.39, 0.29) is 11.9 Å². The molecule has 8 heteroatoms. The number of aliphatic carboxylic acids is 1. The van der Waals surface area contributed by atoms with Gasteiger partial charge in [-0.3, -0.25) is 9.59 Å². The van der Waals surface area contributed by atoms with Gasteiger partial charge in [0, 0.05) is 34.7 Å². The van der Waals surface area contributed by atoms with E-state index >= 15 is 0 Å². The van der Waals surface area contributed by atoms with Gasteiger partial charge in [0.1, 0.15) is 16.7 Å². The predicted molar refractivity (Wildman–Crippen MR) is 147 cm³/mol. The number of rotatable bonds is 6. The van der Waals surface area contributed by atoms with Gasteiger partial charge >= 0.3 is 5.97 Å². The third kappa shape index (κ3) is 5.97. The summed E-state index contributed by atoms with van der Waals surface area (Å²) < 4.78 is 12.0. The molecule has 1 heterocycles. The van der Waals surface area contributed by atoms with Crippen LogP contribution in [0.4, 0.5) is 0 Å². The number of carbonyl (C=O) groups excluding carboxylic acids is 1. The molecular weight excluding hydrogens is 525 g/mol. The van der Waals surface area contributed by atoms with Crippen molar-refractivity contribution in [1.82, 2.24) is 5.32 Å². The fourth-order valence-electron chi connectivity index (χ4n) is 5.84. The van der Waals surface area contributed by atoms with Crippen LogP contribution in [-0.2, 0) is 19.1 Å². The van der Waals surface area contributed by atoms with Crippen molar-refractivity contribution >= 4 is 35.1 Å². The Balaban J connectivity index is 1.20. The summed E-state index contributed by atoms with van der Waals surface area (Å²) in [6.45, 7) is 2.16. The molecule has 5 atom stereocenters. The van der Waals surface area contributed by atoms with Crippen molar-refractivity contribution in [2.24, 2.45) is 5.92 Å². The molecule has 0 radical (unpaired) electrons. The van der Waals surface area contributed by atoms with Gasteiger partial charge in [-0.05, 0) is 68.7 Å². The van der Waals surface area contributed by atoms with Gasteiger partial charge < -0.3 is 19.9 Å². The zero-order valence-electron chi connectivity index (χ0n) is 21.4. The molecule has 0 bridgehead atoms. The SMILES string of the molecule is CC1(Cl)C=C2C(=CC1OC1=CC=C(C(=O)NC3CCCC(c4cccc(Cl)c4)C3)CC1)OCC[C@H]2C(=O)O. The lowest BCUT2D eigenvalue weighted by Gasteiger charge is -2.37. The standard InChI is InChI=1S/C30H33Cl2NO5/c1-30(32)17-25-24(29(35)36)12-13-37-26(25)16-27(30)38-23-10-8-18(9-11-23)28(34)33-22-7-3-5-20(15-22)19-4-2-6-21(31)14-19/h2,4,6,8,10,14,16-17,20,22,24,27H,3,5,7,9,11-13,15H2,1H3,(H,33,34)(H,35,36)/t20?,22?,24-,27?,30?/m1/s1. The third-order valence-corrected chi connectivity index (χ3v) is 8.49. The van der Waals surface area contributed by atoms with E-state index < -0.39 is 22.9 Å². The minimum Gasteiger partial charge on any atom is -0.493 e. The molecule has 0 spiro atoms. The van der Waals surface area contributed by atoms with E-state index in [4.69, 9.17) is 32.7 Å². The van der Waals surface area contributed by atoms with Gasteiger partial charge in [-0.15, -0.1) is 11.6 Å². The molecule has 1 aliphatic heterocycles. The van der Waals surface area contributed by atoms with E-state index in [2.05, 4.69) is 11.4 Å². The van der Waals surface area contributed by atoms with E-state index in [1.807, 2.05) is 37.3 Å². The number of carbonyl (C=O) groups is 2. The first-order valence-electron chi connectivity index (χ1n) is 13.3. The first-order chi connectivity index (χ1) is 18.2. The van der Waals surface area contributed by atoms with Crippen molar-refractivity contribution in [1.29, 1.82) is 0 Å². The van der Waals surface area contributed by atoms with Gasteiger partial charge in [-0.2, -0.15) is 0 Å². The molecule has 4 unspecified atom stereocenters. The second-order valence-electron chi connectivity index (χ2n) is 10.8. The Morgan fingerprint density at radius 1 is 1.18 bits per heavy atom.